The molecule has 102 valence electrons. The lowest BCUT2D eigenvalue weighted by Gasteiger charge is -2.37. The molecule has 0 unspecified atom stereocenters. The van der Waals surface area contributed by atoms with Crippen LogP contribution in [-0.2, 0) is 6.42 Å². The van der Waals surface area contributed by atoms with Gasteiger partial charge in [0.2, 0.25) is 0 Å². The summed E-state index contributed by atoms with van der Waals surface area (Å²) in [4.78, 5) is 14.6. The van der Waals surface area contributed by atoms with E-state index in [1.54, 1.807) is 0 Å². The average Bonchev–Trinajstić information content (AvgIpc) is 2.92. The topological polar surface area (TPSA) is 20.3 Å². The Bertz CT molecular complexity index is 479. The van der Waals surface area contributed by atoms with E-state index in [2.05, 4.69) is 23.6 Å². The molecule has 0 spiro atoms. The van der Waals surface area contributed by atoms with Crippen molar-refractivity contribution in [2.24, 2.45) is 5.41 Å². The van der Waals surface area contributed by atoms with Crippen molar-refractivity contribution < 1.29 is 4.79 Å². The van der Waals surface area contributed by atoms with E-state index in [9.17, 15) is 4.79 Å². The Balaban J connectivity index is 1.79. The third-order valence-electron chi connectivity index (χ3n) is 4.71. The van der Waals surface area contributed by atoms with Crippen molar-refractivity contribution in [2.75, 3.05) is 18.8 Å². The van der Waals surface area contributed by atoms with Crippen molar-refractivity contribution in [2.45, 2.75) is 32.1 Å². The summed E-state index contributed by atoms with van der Waals surface area (Å²) in [6, 6.07) is 8.03. The molecule has 1 fully saturated rings. The van der Waals surface area contributed by atoms with Crippen molar-refractivity contribution >= 4 is 18.5 Å². The predicted molar refractivity (Wildman–Crippen MR) is 80.8 cm³/mol. The van der Waals surface area contributed by atoms with Crippen LogP contribution in [0.1, 0.15) is 41.6 Å². The van der Waals surface area contributed by atoms with Crippen molar-refractivity contribution in [3.05, 3.63) is 35.4 Å². The molecular weight excluding hydrogens is 254 g/mol. The zero-order chi connectivity index (χ0) is 13.3. The smallest absolute Gasteiger partial charge is 0.254 e. The Morgan fingerprint density at radius 2 is 1.95 bits per heavy atom. The first-order valence-corrected chi connectivity index (χ1v) is 7.85. The molecule has 3 rings (SSSR count). The molecule has 19 heavy (non-hydrogen) atoms. The Labute approximate surface area is 120 Å². The summed E-state index contributed by atoms with van der Waals surface area (Å²) < 4.78 is 0. The summed E-state index contributed by atoms with van der Waals surface area (Å²) >= 11 is 4.55. The fraction of sp³-hybridized carbons (Fsp3) is 0.562. The molecule has 2 aliphatic rings. The number of rotatable bonds is 3. The Hall–Kier alpha value is -0.960. The van der Waals surface area contributed by atoms with E-state index in [-0.39, 0.29) is 11.3 Å². The van der Waals surface area contributed by atoms with Crippen LogP contribution in [-0.4, -0.2) is 29.6 Å². The van der Waals surface area contributed by atoms with E-state index in [4.69, 9.17) is 0 Å². The maximum Gasteiger partial charge on any atom is 0.254 e. The lowest BCUT2D eigenvalue weighted by Crippen LogP contribution is -2.44. The van der Waals surface area contributed by atoms with Crippen molar-refractivity contribution in [1.29, 1.82) is 0 Å². The number of amides is 1. The molecule has 0 saturated heterocycles. The quantitative estimate of drug-likeness (QED) is 0.840. The van der Waals surface area contributed by atoms with Gasteiger partial charge < -0.3 is 4.90 Å². The van der Waals surface area contributed by atoms with Gasteiger partial charge in [0.25, 0.3) is 5.91 Å². The Kier molecular flexibility index (Phi) is 3.57. The normalized spacial score (nSPS) is 21.5. The van der Waals surface area contributed by atoms with Crippen LogP contribution in [0.4, 0.5) is 0 Å². The van der Waals surface area contributed by atoms with E-state index < -0.39 is 0 Å². The van der Waals surface area contributed by atoms with Crippen LogP contribution in [0.5, 0.6) is 0 Å². The van der Waals surface area contributed by atoms with E-state index in [0.29, 0.717) is 0 Å². The SMILES string of the molecule is O=C1c2ccccc2CCN1CC1(CS)CCCC1. The van der Waals surface area contributed by atoms with Gasteiger partial charge in [-0.25, -0.2) is 0 Å². The van der Waals surface area contributed by atoms with Gasteiger partial charge in [0, 0.05) is 18.7 Å². The summed E-state index contributed by atoms with van der Waals surface area (Å²) in [6.07, 6.45) is 6.02. The second kappa shape index (κ2) is 5.20. The van der Waals surface area contributed by atoms with Crippen LogP contribution in [0.15, 0.2) is 24.3 Å². The van der Waals surface area contributed by atoms with Gasteiger partial charge in [0.15, 0.2) is 0 Å². The van der Waals surface area contributed by atoms with Crippen LogP contribution < -0.4 is 0 Å². The molecule has 1 aromatic rings. The maximum absolute atomic E-state index is 12.6. The predicted octanol–water partition coefficient (Wildman–Crippen LogP) is 3.18. The second-order valence-corrected chi connectivity index (χ2v) is 6.32. The summed E-state index contributed by atoms with van der Waals surface area (Å²) in [6.45, 7) is 1.76. The van der Waals surface area contributed by atoms with Gasteiger partial charge in [-0.15, -0.1) is 0 Å². The van der Waals surface area contributed by atoms with E-state index in [1.165, 1.54) is 31.2 Å². The molecule has 0 bridgehead atoms. The highest BCUT2D eigenvalue weighted by Crippen LogP contribution is 2.40. The van der Waals surface area contributed by atoms with Gasteiger partial charge in [0.05, 0.1) is 0 Å². The van der Waals surface area contributed by atoms with Gasteiger partial charge in [-0.1, -0.05) is 31.0 Å². The zero-order valence-corrected chi connectivity index (χ0v) is 12.2. The number of fused-ring (bicyclic) bond motifs is 1. The number of hydrogen-bond acceptors (Lipinski definition) is 2. The van der Waals surface area contributed by atoms with Gasteiger partial charge in [-0.3, -0.25) is 4.79 Å². The monoisotopic (exact) mass is 275 g/mol. The van der Waals surface area contributed by atoms with Gasteiger partial charge in [-0.05, 0) is 42.1 Å². The molecule has 3 heteroatoms. The fourth-order valence-corrected chi connectivity index (χ4v) is 3.94. The standard InChI is InChI=1S/C16H21NOS/c18-15-14-6-2-1-5-13(14)7-10-17(15)11-16(12-19)8-3-4-9-16/h1-2,5-6,19H,3-4,7-12H2. The summed E-state index contributed by atoms with van der Waals surface area (Å²) in [5, 5.41) is 0. The molecule has 2 nitrogen and oxygen atoms in total. The first kappa shape index (κ1) is 13.0. The van der Waals surface area contributed by atoms with Gasteiger partial charge >= 0.3 is 0 Å². The van der Waals surface area contributed by atoms with Crippen molar-refractivity contribution in [3.63, 3.8) is 0 Å². The lowest BCUT2D eigenvalue weighted by atomic mass is 9.86. The van der Waals surface area contributed by atoms with Gasteiger partial charge in [0.1, 0.15) is 0 Å². The van der Waals surface area contributed by atoms with Crippen LogP contribution >= 0.6 is 12.6 Å². The molecule has 1 saturated carbocycles. The molecule has 0 aromatic heterocycles. The van der Waals surface area contributed by atoms with Gasteiger partial charge in [-0.2, -0.15) is 12.6 Å². The molecule has 1 amide bonds. The highest BCUT2D eigenvalue weighted by atomic mass is 32.1. The Morgan fingerprint density at radius 1 is 1.21 bits per heavy atom. The number of thiol groups is 1. The largest absolute Gasteiger partial charge is 0.338 e. The third kappa shape index (κ3) is 2.40. The van der Waals surface area contributed by atoms with Crippen LogP contribution in [0.2, 0.25) is 0 Å². The molecule has 1 aliphatic carbocycles. The second-order valence-electron chi connectivity index (χ2n) is 6.00. The molecule has 0 atom stereocenters. The molecule has 1 aliphatic heterocycles. The number of carbonyl (C=O) groups is 1. The van der Waals surface area contributed by atoms with Crippen LogP contribution in [0.3, 0.4) is 0 Å². The van der Waals surface area contributed by atoms with E-state index in [1.807, 2.05) is 18.2 Å². The van der Waals surface area contributed by atoms with Crippen molar-refractivity contribution in [1.82, 2.24) is 4.90 Å². The summed E-state index contributed by atoms with van der Waals surface area (Å²) in [7, 11) is 0. The Morgan fingerprint density at radius 3 is 2.68 bits per heavy atom. The zero-order valence-electron chi connectivity index (χ0n) is 11.3. The maximum atomic E-state index is 12.6. The minimum atomic E-state index is 0.218. The van der Waals surface area contributed by atoms with E-state index >= 15 is 0 Å². The summed E-state index contributed by atoms with van der Waals surface area (Å²) in [5.41, 5.74) is 2.38. The summed E-state index contributed by atoms with van der Waals surface area (Å²) in [5.74, 6) is 1.12. The lowest BCUT2D eigenvalue weighted by molar-refractivity contribution is 0.0661. The average molecular weight is 275 g/mol. The number of carbonyl (C=O) groups excluding carboxylic acids is 1. The highest BCUT2D eigenvalue weighted by molar-refractivity contribution is 7.80. The first-order valence-electron chi connectivity index (χ1n) is 7.22. The third-order valence-corrected chi connectivity index (χ3v) is 5.38. The number of benzene rings is 1. The number of nitrogens with zero attached hydrogens (tertiary/aromatic N) is 1. The van der Waals surface area contributed by atoms with Crippen LogP contribution in [0, 0.1) is 5.41 Å². The minimum absolute atomic E-state index is 0.218. The molecule has 1 aromatic carbocycles. The van der Waals surface area contributed by atoms with Crippen LogP contribution in [0.25, 0.3) is 0 Å². The molecular formula is C16H21NOS. The van der Waals surface area contributed by atoms with Crippen molar-refractivity contribution in [3.8, 4) is 0 Å². The molecule has 1 heterocycles. The fourth-order valence-electron chi connectivity index (χ4n) is 3.52. The first-order chi connectivity index (χ1) is 9.24. The highest BCUT2D eigenvalue weighted by Gasteiger charge is 2.37. The number of hydrogen-bond donors (Lipinski definition) is 1. The molecule has 0 N–H and O–H groups in total. The van der Waals surface area contributed by atoms with E-state index in [0.717, 1.165) is 30.8 Å². The molecule has 0 radical (unpaired) electrons. The minimum Gasteiger partial charge on any atom is -0.338 e.